The zero-order valence-electron chi connectivity index (χ0n) is 9.91. The summed E-state index contributed by atoms with van der Waals surface area (Å²) < 4.78 is 5.64. The maximum absolute atomic E-state index is 5.64. The molecule has 2 aromatic rings. The van der Waals surface area contributed by atoms with Crippen molar-refractivity contribution in [3.8, 4) is 5.75 Å². The molecule has 0 heterocycles. The van der Waals surface area contributed by atoms with Gasteiger partial charge in [-0.2, -0.15) is 0 Å². The van der Waals surface area contributed by atoms with Gasteiger partial charge in [0.15, 0.2) is 5.96 Å². The van der Waals surface area contributed by atoms with E-state index in [0.717, 1.165) is 11.3 Å². The first-order valence-electron chi connectivity index (χ1n) is 5.60. The quantitative estimate of drug-likeness (QED) is 0.636. The van der Waals surface area contributed by atoms with Gasteiger partial charge in [-0.3, -0.25) is 0 Å². The molecule has 0 radical (unpaired) electrons. The minimum absolute atomic E-state index is 0.0490. The van der Waals surface area contributed by atoms with Crippen LogP contribution >= 0.6 is 0 Å². The Morgan fingerprint density at radius 1 is 0.944 bits per heavy atom. The highest BCUT2D eigenvalue weighted by molar-refractivity contribution is 5.78. The molecule has 18 heavy (non-hydrogen) atoms. The number of hydrogen-bond donors (Lipinski definition) is 2. The number of ether oxygens (including phenoxy) is 1. The molecular weight excluding hydrogens is 226 g/mol. The van der Waals surface area contributed by atoms with Gasteiger partial charge >= 0.3 is 0 Å². The summed E-state index contributed by atoms with van der Waals surface area (Å²) in [6.07, 6.45) is 0. The molecule has 0 aliphatic carbocycles. The van der Waals surface area contributed by atoms with Crippen molar-refractivity contribution in [1.82, 2.24) is 0 Å². The number of guanidine groups is 1. The lowest BCUT2D eigenvalue weighted by atomic mass is 10.2. The molecule has 0 saturated carbocycles. The van der Waals surface area contributed by atoms with E-state index in [-0.39, 0.29) is 5.96 Å². The van der Waals surface area contributed by atoms with Crippen LogP contribution < -0.4 is 16.2 Å². The van der Waals surface area contributed by atoms with Crippen LogP contribution in [0.1, 0.15) is 5.56 Å². The van der Waals surface area contributed by atoms with Crippen LogP contribution in [0.2, 0.25) is 0 Å². The number of nitrogens with two attached hydrogens (primary N) is 2. The van der Waals surface area contributed by atoms with Crippen LogP contribution in [0.25, 0.3) is 0 Å². The van der Waals surface area contributed by atoms with Crippen molar-refractivity contribution in [2.75, 3.05) is 0 Å². The van der Waals surface area contributed by atoms with E-state index in [4.69, 9.17) is 16.2 Å². The number of aliphatic imine (C=N–C) groups is 1. The second-order valence-corrected chi connectivity index (χ2v) is 3.80. The Bertz CT molecular complexity index is 516. The summed E-state index contributed by atoms with van der Waals surface area (Å²) in [6.45, 7) is 0.544. The molecule has 0 atom stereocenters. The SMILES string of the molecule is NC(N)=Nc1ccc(OCc2ccccc2)cc1. The lowest BCUT2D eigenvalue weighted by Gasteiger charge is -2.06. The molecule has 4 heteroatoms. The number of rotatable bonds is 4. The van der Waals surface area contributed by atoms with Gasteiger partial charge in [-0.1, -0.05) is 30.3 Å². The Morgan fingerprint density at radius 2 is 1.61 bits per heavy atom. The average Bonchev–Trinajstić information content (AvgIpc) is 2.38. The molecule has 4 N–H and O–H groups in total. The Kier molecular flexibility index (Phi) is 3.81. The molecule has 0 aromatic heterocycles. The van der Waals surface area contributed by atoms with Gasteiger partial charge in [0.25, 0.3) is 0 Å². The molecular formula is C14H15N3O. The molecule has 0 saturated heterocycles. The second-order valence-electron chi connectivity index (χ2n) is 3.80. The topological polar surface area (TPSA) is 73.6 Å². The summed E-state index contributed by atoms with van der Waals surface area (Å²) in [5.74, 6) is 0.835. The van der Waals surface area contributed by atoms with E-state index in [9.17, 15) is 0 Å². The number of hydrogen-bond acceptors (Lipinski definition) is 2. The van der Waals surface area contributed by atoms with Gasteiger partial charge in [-0.05, 0) is 29.8 Å². The van der Waals surface area contributed by atoms with Crippen molar-refractivity contribution in [3.63, 3.8) is 0 Å². The first kappa shape index (κ1) is 12.0. The molecule has 0 aliphatic rings. The molecule has 0 bridgehead atoms. The summed E-state index contributed by atoms with van der Waals surface area (Å²) in [4.78, 5) is 3.94. The largest absolute Gasteiger partial charge is 0.489 e. The highest BCUT2D eigenvalue weighted by Crippen LogP contribution is 2.18. The summed E-state index contributed by atoms with van der Waals surface area (Å²) in [7, 11) is 0. The first-order valence-corrected chi connectivity index (χ1v) is 5.60. The van der Waals surface area contributed by atoms with Crippen LogP contribution in [0.3, 0.4) is 0 Å². The monoisotopic (exact) mass is 241 g/mol. The third kappa shape index (κ3) is 3.52. The highest BCUT2D eigenvalue weighted by Gasteiger charge is 1.96. The molecule has 0 unspecified atom stereocenters. The van der Waals surface area contributed by atoms with Crippen molar-refractivity contribution in [3.05, 3.63) is 60.2 Å². The van der Waals surface area contributed by atoms with E-state index >= 15 is 0 Å². The molecule has 0 amide bonds. The fraction of sp³-hybridized carbons (Fsp3) is 0.0714. The van der Waals surface area contributed by atoms with Crippen molar-refractivity contribution in [1.29, 1.82) is 0 Å². The van der Waals surface area contributed by atoms with Gasteiger partial charge in [0.1, 0.15) is 12.4 Å². The maximum Gasteiger partial charge on any atom is 0.191 e. The lowest BCUT2D eigenvalue weighted by molar-refractivity contribution is 0.306. The Balaban J connectivity index is 1.97. The van der Waals surface area contributed by atoms with Crippen LogP contribution in [0.15, 0.2) is 59.6 Å². The predicted octanol–water partition coefficient (Wildman–Crippen LogP) is 2.17. The zero-order chi connectivity index (χ0) is 12.8. The number of nitrogens with zero attached hydrogens (tertiary/aromatic N) is 1. The minimum atomic E-state index is 0.0490. The van der Waals surface area contributed by atoms with E-state index in [0.29, 0.717) is 12.3 Å². The van der Waals surface area contributed by atoms with Crippen LogP contribution in [0.5, 0.6) is 5.75 Å². The predicted molar refractivity (Wildman–Crippen MR) is 72.7 cm³/mol. The first-order chi connectivity index (χ1) is 8.74. The normalized spacial score (nSPS) is 9.78. The molecule has 0 aliphatic heterocycles. The lowest BCUT2D eigenvalue weighted by Crippen LogP contribution is -2.21. The van der Waals surface area contributed by atoms with E-state index in [1.165, 1.54) is 0 Å². The summed E-state index contributed by atoms with van der Waals surface area (Å²) >= 11 is 0. The van der Waals surface area contributed by atoms with Gasteiger partial charge in [0.2, 0.25) is 0 Å². The second kappa shape index (κ2) is 5.72. The van der Waals surface area contributed by atoms with Gasteiger partial charge < -0.3 is 16.2 Å². The fourth-order valence-corrected chi connectivity index (χ4v) is 1.51. The van der Waals surface area contributed by atoms with Crippen LogP contribution in [0.4, 0.5) is 5.69 Å². The highest BCUT2D eigenvalue weighted by atomic mass is 16.5. The smallest absolute Gasteiger partial charge is 0.191 e. The van der Waals surface area contributed by atoms with Crippen LogP contribution in [-0.4, -0.2) is 5.96 Å². The summed E-state index contributed by atoms with van der Waals surface area (Å²) in [5, 5.41) is 0. The standard InChI is InChI=1S/C14H15N3O/c15-14(16)17-12-6-8-13(9-7-12)18-10-11-4-2-1-3-5-11/h1-9H,10H2,(H4,15,16,17). The van der Waals surface area contributed by atoms with Crippen molar-refractivity contribution < 1.29 is 4.74 Å². The minimum Gasteiger partial charge on any atom is -0.489 e. The van der Waals surface area contributed by atoms with E-state index in [2.05, 4.69) is 4.99 Å². The van der Waals surface area contributed by atoms with Gasteiger partial charge in [0, 0.05) is 0 Å². The van der Waals surface area contributed by atoms with Gasteiger partial charge in [-0.15, -0.1) is 0 Å². The molecule has 92 valence electrons. The zero-order valence-corrected chi connectivity index (χ0v) is 9.91. The fourth-order valence-electron chi connectivity index (χ4n) is 1.51. The van der Waals surface area contributed by atoms with Crippen molar-refractivity contribution >= 4 is 11.6 Å². The van der Waals surface area contributed by atoms with Crippen LogP contribution in [0, 0.1) is 0 Å². The summed E-state index contributed by atoms with van der Waals surface area (Å²) in [6, 6.07) is 17.3. The molecule has 0 spiro atoms. The van der Waals surface area contributed by atoms with E-state index in [1.807, 2.05) is 42.5 Å². The van der Waals surface area contributed by atoms with Crippen molar-refractivity contribution in [2.45, 2.75) is 6.61 Å². The van der Waals surface area contributed by atoms with Crippen molar-refractivity contribution in [2.24, 2.45) is 16.5 Å². The molecule has 4 nitrogen and oxygen atoms in total. The molecule has 2 aromatic carbocycles. The number of benzene rings is 2. The molecule has 0 fully saturated rings. The maximum atomic E-state index is 5.64. The van der Waals surface area contributed by atoms with Gasteiger partial charge in [0.05, 0.1) is 5.69 Å². The average molecular weight is 241 g/mol. The van der Waals surface area contributed by atoms with Gasteiger partial charge in [-0.25, -0.2) is 4.99 Å². The van der Waals surface area contributed by atoms with E-state index < -0.39 is 0 Å². The Morgan fingerprint density at radius 3 is 2.22 bits per heavy atom. The third-order valence-electron chi connectivity index (χ3n) is 2.34. The Labute approximate surface area is 106 Å². The van der Waals surface area contributed by atoms with Crippen LogP contribution in [-0.2, 0) is 6.61 Å². The van der Waals surface area contributed by atoms with E-state index in [1.54, 1.807) is 12.1 Å². The third-order valence-corrected chi connectivity index (χ3v) is 2.34. The Hall–Kier alpha value is -2.49. The molecule has 2 rings (SSSR count). The summed E-state index contributed by atoms with van der Waals surface area (Å²) in [5.41, 5.74) is 12.4.